The summed E-state index contributed by atoms with van der Waals surface area (Å²) in [4.78, 5) is 31.8. The van der Waals surface area contributed by atoms with Gasteiger partial charge in [0.1, 0.15) is 11.7 Å². The van der Waals surface area contributed by atoms with Gasteiger partial charge in [0.25, 0.3) is 5.91 Å². The van der Waals surface area contributed by atoms with Crippen molar-refractivity contribution in [3.63, 3.8) is 0 Å². The second kappa shape index (κ2) is 9.53. The first-order chi connectivity index (χ1) is 16.9. The molecule has 1 aliphatic heterocycles. The maximum Gasteiger partial charge on any atom is 0.280 e. The summed E-state index contributed by atoms with van der Waals surface area (Å²) in [5.41, 5.74) is 14.9. The molecule has 9 nitrogen and oxygen atoms in total. The van der Waals surface area contributed by atoms with E-state index in [0.29, 0.717) is 36.0 Å². The van der Waals surface area contributed by atoms with Crippen LogP contribution >= 0.6 is 0 Å². The third-order valence-electron chi connectivity index (χ3n) is 6.86. The highest BCUT2D eigenvalue weighted by Crippen LogP contribution is 2.44. The second-order valence-corrected chi connectivity index (χ2v) is 10.6. The number of anilines is 2. The minimum atomic E-state index is -0.751. The molecule has 35 heavy (non-hydrogen) atoms. The molecule has 2 aromatic heterocycles. The molecule has 1 saturated heterocycles. The van der Waals surface area contributed by atoms with Gasteiger partial charge in [-0.2, -0.15) is 4.99 Å². The molecule has 2 fully saturated rings. The first kappa shape index (κ1) is 23.1. The zero-order valence-electron chi connectivity index (χ0n) is 19.3. The lowest BCUT2D eigenvalue weighted by Crippen LogP contribution is -2.47. The molecule has 10 heteroatoms. The van der Waals surface area contributed by atoms with Crippen molar-refractivity contribution < 1.29 is 9.00 Å². The average Bonchev–Trinajstić information content (AvgIpc) is 2.85. The Hall–Kier alpha value is -3.66. The lowest BCUT2D eigenvalue weighted by molar-refractivity contribution is 0.100. The van der Waals surface area contributed by atoms with E-state index in [-0.39, 0.29) is 5.95 Å². The highest BCUT2D eigenvalue weighted by atomic mass is 32.2. The number of rotatable bonds is 5. The molecule has 0 unspecified atom stereocenters. The second-order valence-electron chi connectivity index (χ2n) is 8.89. The topological polar surface area (TPSA) is 140 Å². The van der Waals surface area contributed by atoms with Gasteiger partial charge in [0.2, 0.25) is 5.95 Å². The van der Waals surface area contributed by atoms with Gasteiger partial charge in [0.15, 0.2) is 0 Å². The maximum atomic E-state index is 12.9. The van der Waals surface area contributed by atoms with Gasteiger partial charge in [-0.1, -0.05) is 30.7 Å². The Balaban J connectivity index is 1.32. The average molecular weight is 490 g/mol. The van der Waals surface area contributed by atoms with Crippen LogP contribution in [0.2, 0.25) is 0 Å². The van der Waals surface area contributed by atoms with E-state index < -0.39 is 22.1 Å². The summed E-state index contributed by atoms with van der Waals surface area (Å²) in [6, 6.07) is 11.6. The van der Waals surface area contributed by atoms with Crippen LogP contribution in [-0.4, -0.2) is 55.5 Å². The Morgan fingerprint density at radius 3 is 2.20 bits per heavy atom. The number of carbonyl (C=O) groups excluding carboxylic acids is 1. The van der Waals surface area contributed by atoms with Gasteiger partial charge < -0.3 is 16.4 Å². The summed E-state index contributed by atoms with van der Waals surface area (Å²) in [7, 11) is -0.751. The van der Waals surface area contributed by atoms with Gasteiger partial charge in [0.05, 0.1) is 11.0 Å². The maximum absolute atomic E-state index is 12.9. The zero-order chi connectivity index (χ0) is 24.4. The third kappa shape index (κ3) is 4.66. The van der Waals surface area contributed by atoms with E-state index in [2.05, 4.69) is 24.8 Å². The molecule has 3 heterocycles. The number of amidine groups is 1. The number of nitrogens with zero attached hydrogens (tertiary/aromatic N) is 5. The fraction of sp³-hybridized carbons (Fsp3) is 0.320. The molecule has 0 spiro atoms. The Morgan fingerprint density at radius 2 is 1.63 bits per heavy atom. The number of aliphatic imine (C=N–C) groups is 1. The van der Waals surface area contributed by atoms with Gasteiger partial charge in [-0.25, -0.2) is 15.0 Å². The first-order valence-electron chi connectivity index (χ1n) is 11.6. The molecule has 1 saturated carbocycles. The summed E-state index contributed by atoms with van der Waals surface area (Å²) in [6.45, 7) is 1.40. The molecule has 0 atom stereocenters. The van der Waals surface area contributed by atoms with Crippen molar-refractivity contribution in [2.75, 3.05) is 35.2 Å². The van der Waals surface area contributed by atoms with Crippen LogP contribution in [0, 0.1) is 0 Å². The van der Waals surface area contributed by atoms with E-state index in [9.17, 15) is 9.00 Å². The molecular formula is C25H27N7O2S. The van der Waals surface area contributed by atoms with Crippen LogP contribution in [0.1, 0.15) is 35.2 Å². The summed E-state index contributed by atoms with van der Waals surface area (Å²) in [5.74, 6) is 2.22. The number of nitrogen functional groups attached to an aromatic ring is 1. The Morgan fingerprint density at radius 1 is 0.943 bits per heavy atom. The van der Waals surface area contributed by atoms with Crippen LogP contribution in [0.4, 0.5) is 11.8 Å². The third-order valence-corrected chi connectivity index (χ3v) is 8.13. The zero-order valence-corrected chi connectivity index (χ0v) is 20.1. The summed E-state index contributed by atoms with van der Waals surface area (Å²) in [5, 5.41) is 0. The summed E-state index contributed by atoms with van der Waals surface area (Å²) >= 11 is 0. The number of amides is 1. The highest BCUT2D eigenvalue weighted by molar-refractivity contribution is 7.85. The van der Waals surface area contributed by atoms with Crippen molar-refractivity contribution in [3.8, 4) is 11.1 Å². The smallest absolute Gasteiger partial charge is 0.280 e. The van der Waals surface area contributed by atoms with E-state index in [4.69, 9.17) is 11.5 Å². The van der Waals surface area contributed by atoms with E-state index in [1.807, 2.05) is 30.3 Å². The van der Waals surface area contributed by atoms with E-state index in [0.717, 1.165) is 41.8 Å². The lowest BCUT2D eigenvalue weighted by atomic mass is 9.63. The number of nitrogens with two attached hydrogens (primary N) is 2. The standard InChI is InChI=1S/C25H27N7O2S/c26-23(31-22(33)18-4-7-21(28-14-18)32-10-12-35(34)13-11-32)25(8-1-9-25)20-5-2-17(3-6-20)19-15-29-24(27)30-16-19/h2-7,14-16H,1,8-13H2,(H2,26,31,33)(H2,27,29,30). The van der Waals surface area contributed by atoms with Crippen molar-refractivity contribution in [1.82, 2.24) is 15.0 Å². The van der Waals surface area contributed by atoms with Crippen molar-refractivity contribution in [3.05, 3.63) is 66.1 Å². The van der Waals surface area contributed by atoms with E-state index in [1.54, 1.807) is 18.5 Å². The number of hydrogen-bond acceptors (Lipinski definition) is 7. The Bertz CT molecular complexity index is 1260. The van der Waals surface area contributed by atoms with Gasteiger partial charge in [-0.15, -0.1) is 0 Å². The normalized spacial score (nSPS) is 18.2. The lowest BCUT2D eigenvalue weighted by Gasteiger charge is -2.41. The molecule has 2 aliphatic rings. The molecule has 0 radical (unpaired) electrons. The van der Waals surface area contributed by atoms with Crippen molar-refractivity contribution in [2.45, 2.75) is 24.7 Å². The molecule has 1 aliphatic carbocycles. The largest absolute Gasteiger partial charge is 0.386 e. The van der Waals surface area contributed by atoms with Gasteiger partial charge >= 0.3 is 0 Å². The van der Waals surface area contributed by atoms with Crippen molar-refractivity contribution >= 4 is 34.3 Å². The molecule has 4 N–H and O–H groups in total. The quantitative estimate of drug-likeness (QED) is 0.411. The molecule has 5 rings (SSSR count). The molecule has 180 valence electrons. The number of carbonyl (C=O) groups is 1. The molecule has 1 aromatic carbocycles. The van der Waals surface area contributed by atoms with Crippen LogP contribution in [0.5, 0.6) is 0 Å². The summed E-state index contributed by atoms with van der Waals surface area (Å²) in [6.07, 6.45) is 7.62. The fourth-order valence-corrected chi connectivity index (χ4v) is 5.59. The van der Waals surface area contributed by atoms with E-state index >= 15 is 0 Å². The number of pyridine rings is 1. The fourth-order valence-electron chi connectivity index (χ4n) is 4.54. The molecular weight excluding hydrogens is 462 g/mol. The number of benzene rings is 1. The SMILES string of the molecule is NC(=NC(=O)c1ccc(N2CCS(=O)CC2)nc1)C1(c2ccc(-c3cnc(N)nc3)cc2)CCC1. The van der Waals surface area contributed by atoms with Gasteiger partial charge in [-0.05, 0) is 36.1 Å². The van der Waals surface area contributed by atoms with Crippen molar-refractivity contribution in [1.29, 1.82) is 0 Å². The Kier molecular flexibility index (Phi) is 6.29. The summed E-state index contributed by atoms with van der Waals surface area (Å²) < 4.78 is 11.6. The van der Waals surface area contributed by atoms with Crippen LogP contribution in [0.3, 0.4) is 0 Å². The minimum Gasteiger partial charge on any atom is -0.386 e. The molecule has 3 aromatic rings. The predicted molar refractivity (Wildman–Crippen MR) is 138 cm³/mol. The predicted octanol–water partition coefficient (Wildman–Crippen LogP) is 2.31. The van der Waals surface area contributed by atoms with Crippen LogP contribution in [-0.2, 0) is 16.2 Å². The number of aromatic nitrogens is 3. The Labute approximate surface area is 206 Å². The van der Waals surface area contributed by atoms with Crippen LogP contribution in [0.25, 0.3) is 11.1 Å². The minimum absolute atomic E-state index is 0.237. The van der Waals surface area contributed by atoms with Crippen molar-refractivity contribution in [2.24, 2.45) is 10.7 Å². The van der Waals surface area contributed by atoms with Gasteiger partial charge in [0, 0.05) is 59.5 Å². The molecule has 1 amide bonds. The molecule has 0 bridgehead atoms. The highest BCUT2D eigenvalue weighted by Gasteiger charge is 2.42. The first-order valence-corrected chi connectivity index (χ1v) is 13.1. The monoisotopic (exact) mass is 489 g/mol. The van der Waals surface area contributed by atoms with Crippen LogP contribution < -0.4 is 16.4 Å². The van der Waals surface area contributed by atoms with E-state index in [1.165, 1.54) is 6.20 Å². The van der Waals surface area contributed by atoms with Crippen LogP contribution in [0.15, 0.2) is 60.0 Å². The van der Waals surface area contributed by atoms with Gasteiger partial charge in [-0.3, -0.25) is 9.00 Å². The number of hydrogen-bond donors (Lipinski definition) is 2.